The average Bonchev–Trinajstić information content (AvgIpc) is 3.93. The maximum atomic E-state index is 13.6. The molecule has 0 unspecified atom stereocenters. The number of carbonyl (C=O) groups excluding carboxylic acids is 4. The molecule has 4 nitrogen and oxygen atoms in total. The Balaban J connectivity index is 0.886. The molecule has 12 rings (SSSR count). The Morgan fingerprint density at radius 1 is 0.292 bits per heavy atom. The topological polar surface area (TPSA) is 68.3 Å². The molecule has 0 bridgehead atoms. The summed E-state index contributed by atoms with van der Waals surface area (Å²) >= 11 is 12.9. The number of ketones is 4. The van der Waals surface area contributed by atoms with E-state index in [0.717, 1.165) is 113 Å². The second kappa shape index (κ2) is 9.09. The van der Waals surface area contributed by atoms with E-state index in [9.17, 15) is 19.2 Å². The van der Waals surface area contributed by atoms with Crippen molar-refractivity contribution in [2.75, 3.05) is 0 Å². The van der Waals surface area contributed by atoms with E-state index in [1.54, 1.807) is 90.7 Å². The molecular formula is C36H10O4S8. The van der Waals surface area contributed by atoms with Crippen LogP contribution in [0.15, 0.2) is 59.3 Å². The lowest BCUT2D eigenvalue weighted by Gasteiger charge is -1.93. The molecule has 0 radical (unpaired) electrons. The van der Waals surface area contributed by atoms with Crippen LogP contribution in [0.3, 0.4) is 0 Å². The van der Waals surface area contributed by atoms with E-state index in [1.165, 1.54) is 0 Å². The fourth-order valence-corrected chi connectivity index (χ4v) is 16.6. The van der Waals surface area contributed by atoms with Gasteiger partial charge in [0.1, 0.15) is 0 Å². The highest BCUT2D eigenvalue weighted by Crippen LogP contribution is 2.57. The van der Waals surface area contributed by atoms with Gasteiger partial charge in [0.25, 0.3) is 0 Å². The number of hydrogen-bond donors (Lipinski definition) is 0. The lowest BCUT2D eigenvalue weighted by Crippen LogP contribution is -1.93. The summed E-state index contributed by atoms with van der Waals surface area (Å²) in [6.07, 6.45) is 0. The first kappa shape index (κ1) is 27.1. The summed E-state index contributed by atoms with van der Waals surface area (Å²) in [5.41, 5.74) is 6.04. The Morgan fingerprint density at radius 2 is 0.521 bits per heavy atom. The summed E-state index contributed by atoms with van der Waals surface area (Å²) < 4.78 is 0. The van der Waals surface area contributed by atoms with Crippen molar-refractivity contribution >= 4 is 114 Å². The molecule has 0 aromatic carbocycles. The van der Waals surface area contributed by atoms with E-state index in [0.29, 0.717) is 0 Å². The first-order valence-electron chi connectivity index (χ1n) is 14.6. The minimum atomic E-state index is 0.0343. The third-order valence-corrected chi connectivity index (χ3v) is 19.1. The van der Waals surface area contributed by atoms with Crippen molar-refractivity contribution in [1.29, 1.82) is 0 Å². The van der Waals surface area contributed by atoms with E-state index in [4.69, 9.17) is 0 Å². The molecule has 0 atom stereocenters. The van der Waals surface area contributed by atoms with Crippen LogP contribution in [-0.2, 0) is 0 Å². The van der Waals surface area contributed by atoms with Gasteiger partial charge in [0.2, 0.25) is 0 Å². The Labute approximate surface area is 302 Å². The van der Waals surface area contributed by atoms with Crippen LogP contribution in [0.2, 0.25) is 0 Å². The standard InChI is InChI=1S/C36H10O4S8/c37-25-11-1-3-41-29(11)31-13(25)5-19(43-31)21-7-15-27(39)17-9-23(47-35(17)33(15)45-21)24-10-18-28(40)16-8-22(46-34(16)36(18)48-24)20-6-14-26(38)12-2-4-42-30(12)32(14)44-20/h1-10H. The van der Waals surface area contributed by atoms with Crippen LogP contribution in [0.1, 0.15) is 63.7 Å². The zero-order valence-corrected chi connectivity index (χ0v) is 30.2. The Hall–Kier alpha value is -3.72. The quantitative estimate of drug-likeness (QED) is 0.180. The van der Waals surface area contributed by atoms with Crippen molar-refractivity contribution in [2.24, 2.45) is 0 Å². The summed E-state index contributed by atoms with van der Waals surface area (Å²) in [4.78, 5) is 67.2. The molecule has 226 valence electrons. The third kappa shape index (κ3) is 3.28. The van der Waals surface area contributed by atoms with E-state index in [1.807, 2.05) is 59.3 Å². The molecule has 0 fully saturated rings. The predicted octanol–water partition coefficient (Wildman–Crippen LogP) is 12.0. The Bertz CT molecular complexity index is 2680. The molecule has 0 spiro atoms. The first-order valence-corrected chi connectivity index (χ1v) is 21.3. The molecule has 0 saturated carbocycles. The van der Waals surface area contributed by atoms with E-state index in [-0.39, 0.29) is 23.1 Å². The average molecular weight is 763 g/mol. The largest absolute Gasteiger partial charge is 0.288 e. The van der Waals surface area contributed by atoms with Crippen molar-refractivity contribution < 1.29 is 19.2 Å². The van der Waals surface area contributed by atoms with E-state index < -0.39 is 0 Å². The van der Waals surface area contributed by atoms with Crippen LogP contribution in [0.5, 0.6) is 0 Å². The first-order chi connectivity index (χ1) is 23.4. The van der Waals surface area contributed by atoms with Crippen LogP contribution in [0.4, 0.5) is 0 Å². The molecule has 4 aliphatic carbocycles. The molecular weight excluding hydrogens is 753 g/mol. The normalized spacial score (nSPS) is 14.4. The van der Waals surface area contributed by atoms with Gasteiger partial charge in [-0.1, -0.05) is 0 Å². The van der Waals surface area contributed by atoms with Crippen LogP contribution in [-0.4, -0.2) is 23.1 Å². The Morgan fingerprint density at radius 3 is 0.792 bits per heavy atom. The molecule has 0 saturated heterocycles. The van der Waals surface area contributed by atoms with Gasteiger partial charge in [-0.2, -0.15) is 0 Å². The maximum absolute atomic E-state index is 13.6. The van der Waals surface area contributed by atoms with E-state index >= 15 is 0 Å². The van der Waals surface area contributed by atoms with E-state index in [2.05, 4.69) is 0 Å². The van der Waals surface area contributed by atoms with Crippen molar-refractivity contribution in [1.82, 2.24) is 0 Å². The summed E-state index contributed by atoms with van der Waals surface area (Å²) in [6, 6.07) is 15.7. The number of fused-ring (bicyclic) bond motifs is 12. The molecule has 8 aromatic heterocycles. The van der Waals surface area contributed by atoms with Gasteiger partial charge in [-0.15, -0.1) is 90.7 Å². The molecule has 8 heterocycles. The minimum absolute atomic E-state index is 0.0343. The van der Waals surface area contributed by atoms with Gasteiger partial charge in [-0.05, 0) is 59.3 Å². The van der Waals surface area contributed by atoms with Gasteiger partial charge < -0.3 is 0 Å². The number of hydrogen-bond acceptors (Lipinski definition) is 12. The Kier molecular flexibility index (Phi) is 5.14. The van der Waals surface area contributed by atoms with Crippen LogP contribution in [0, 0.1) is 0 Å². The number of carbonyl (C=O) groups is 4. The number of rotatable bonds is 3. The molecule has 0 amide bonds. The maximum Gasteiger partial charge on any atom is 0.196 e. The lowest BCUT2D eigenvalue weighted by molar-refractivity contribution is 0.103. The van der Waals surface area contributed by atoms with Crippen LogP contribution < -0.4 is 0 Å². The number of thiophene rings is 8. The fraction of sp³-hybridized carbons (Fsp3) is 0. The summed E-state index contributed by atoms with van der Waals surface area (Å²) in [7, 11) is 0. The zero-order valence-electron chi connectivity index (χ0n) is 23.7. The monoisotopic (exact) mass is 762 g/mol. The van der Waals surface area contributed by atoms with Gasteiger partial charge in [-0.3, -0.25) is 19.2 Å². The third-order valence-electron chi connectivity index (χ3n) is 9.23. The highest BCUT2D eigenvalue weighted by atomic mass is 32.1. The SMILES string of the molecule is O=C1c2ccsc2-c2sc(-c3cc4c(s3)-c3sc(-c5cc6c(s5)-c5sc(-c7cc8c(s7)-c7sccc7C8=O)cc5C6=O)cc3C4=O)cc21. The molecule has 0 N–H and O–H groups in total. The summed E-state index contributed by atoms with van der Waals surface area (Å²) in [5, 5.41) is 3.93. The smallest absolute Gasteiger partial charge is 0.196 e. The molecule has 8 aromatic rings. The molecule has 12 heteroatoms. The molecule has 0 aliphatic heterocycles. The van der Waals surface area contributed by atoms with Gasteiger partial charge in [0, 0.05) is 73.8 Å². The summed E-state index contributed by atoms with van der Waals surface area (Å²) in [5.74, 6) is 0.244. The summed E-state index contributed by atoms with van der Waals surface area (Å²) in [6.45, 7) is 0. The van der Waals surface area contributed by atoms with Gasteiger partial charge in [0.05, 0.1) is 39.0 Å². The van der Waals surface area contributed by atoms with Crippen molar-refractivity contribution in [2.45, 2.75) is 0 Å². The van der Waals surface area contributed by atoms with Gasteiger partial charge in [-0.25, -0.2) is 0 Å². The second-order valence-electron chi connectivity index (χ2n) is 11.8. The molecule has 4 aliphatic rings. The highest BCUT2D eigenvalue weighted by Gasteiger charge is 2.38. The lowest BCUT2D eigenvalue weighted by atomic mass is 10.1. The van der Waals surface area contributed by atoms with Gasteiger partial charge in [0.15, 0.2) is 23.1 Å². The molecule has 48 heavy (non-hydrogen) atoms. The highest BCUT2D eigenvalue weighted by molar-refractivity contribution is 7.32. The van der Waals surface area contributed by atoms with Crippen molar-refractivity contribution in [3.8, 4) is 68.3 Å². The predicted molar refractivity (Wildman–Crippen MR) is 201 cm³/mol. The zero-order chi connectivity index (χ0) is 31.7. The van der Waals surface area contributed by atoms with Crippen molar-refractivity contribution in [3.05, 3.63) is 104 Å². The van der Waals surface area contributed by atoms with Crippen molar-refractivity contribution in [3.63, 3.8) is 0 Å². The fourth-order valence-electron chi connectivity index (χ4n) is 7.01. The second-order valence-corrected chi connectivity index (χ2v) is 19.9. The minimum Gasteiger partial charge on any atom is -0.288 e. The van der Waals surface area contributed by atoms with Crippen LogP contribution >= 0.6 is 90.7 Å². The van der Waals surface area contributed by atoms with Crippen LogP contribution in [0.25, 0.3) is 68.3 Å². The van der Waals surface area contributed by atoms with Gasteiger partial charge >= 0.3 is 0 Å².